The van der Waals surface area contributed by atoms with E-state index in [0.29, 0.717) is 23.0 Å². The topological polar surface area (TPSA) is 84.2 Å². The number of benzene rings is 1. The lowest BCUT2D eigenvalue weighted by molar-refractivity contribution is -0.116. The molecular weight excluding hydrogens is 306 g/mol. The van der Waals surface area contributed by atoms with Gasteiger partial charge in [0.25, 0.3) is 0 Å². The lowest BCUT2D eigenvalue weighted by Gasteiger charge is -2.12. The van der Waals surface area contributed by atoms with Gasteiger partial charge in [-0.3, -0.25) is 9.59 Å². The number of hydrogen-bond acceptors (Lipinski definition) is 4. The normalized spacial score (nSPS) is 11.2. The van der Waals surface area contributed by atoms with Gasteiger partial charge >= 0.3 is 0 Å². The Bertz CT molecular complexity index is 740. The molecule has 0 fully saturated rings. The summed E-state index contributed by atoms with van der Waals surface area (Å²) < 4.78 is 5.73. The molecule has 2 N–H and O–H groups in total. The molecule has 0 radical (unpaired) electrons. The van der Waals surface area contributed by atoms with Crippen LogP contribution in [0, 0.1) is 6.92 Å². The van der Waals surface area contributed by atoms with Crippen molar-refractivity contribution in [3.63, 3.8) is 0 Å². The third kappa shape index (κ3) is 4.68. The minimum Gasteiger partial charge on any atom is -0.444 e. The Morgan fingerprint density at radius 2 is 1.62 bits per heavy atom. The average Bonchev–Trinajstić information content (AvgIpc) is 2.82. The molecule has 0 atom stereocenters. The first kappa shape index (κ1) is 17.7. The second-order valence-corrected chi connectivity index (χ2v) is 6.76. The standard InChI is InChI=1S/C18H23N3O3/c1-11-15(24-17(19-11)18(3,4)5)10-16(23)21-14-8-6-13(7-9-14)20-12(2)22/h6-9H,10H2,1-5H3,(H,20,22)(H,21,23). The van der Waals surface area contributed by atoms with E-state index in [1.54, 1.807) is 24.3 Å². The lowest BCUT2D eigenvalue weighted by atomic mass is 9.97. The molecular formula is C18H23N3O3. The zero-order chi connectivity index (χ0) is 17.9. The second kappa shape index (κ2) is 6.86. The van der Waals surface area contributed by atoms with Crippen molar-refractivity contribution in [3.8, 4) is 0 Å². The molecule has 1 aromatic carbocycles. The molecule has 6 nitrogen and oxygen atoms in total. The molecule has 0 saturated carbocycles. The van der Waals surface area contributed by atoms with Crippen molar-refractivity contribution in [2.24, 2.45) is 0 Å². The van der Waals surface area contributed by atoms with Gasteiger partial charge in [0.2, 0.25) is 11.8 Å². The molecule has 2 amide bonds. The molecule has 0 aliphatic rings. The van der Waals surface area contributed by atoms with E-state index in [-0.39, 0.29) is 23.7 Å². The first-order valence-corrected chi connectivity index (χ1v) is 7.79. The van der Waals surface area contributed by atoms with Gasteiger partial charge in [-0.15, -0.1) is 0 Å². The van der Waals surface area contributed by atoms with Crippen LogP contribution in [0.25, 0.3) is 0 Å². The maximum Gasteiger partial charge on any atom is 0.232 e. The number of aryl methyl sites for hydroxylation is 1. The van der Waals surface area contributed by atoms with Gasteiger partial charge in [-0.25, -0.2) is 4.98 Å². The van der Waals surface area contributed by atoms with E-state index in [1.165, 1.54) is 6.92 Å². The molecule has 0 aliphatic heterocycles. The fraction of sp³-hybridized carbons (Fsp3) is 0.389. The van der Waals surface area contributed by atoms with Crippen LogP contribution in [0.1, 0.15) is 45.0 Å². The first-order chi connectivity index (χ1) is 11.1. The SMILES string of the molecule is CC(=O)Nc1ccc(NC(=O)Cc2oc(C(C)(C)C)nc2C)cc1. The van der Waals surface area contributed by atoms with Crippen molar-refractivity contribution in [3.05, 3.63) is 41.6 Å². The predicted molar refractivity (Wildman–Crippen MR) is 93.0 cm³/mol. The Hall–Kier alpha value is -2.63. The van der Waals surface area contributed by atoms with Crippen LogP contribution in [0.2, 0.25) is 0 Å². The summed E-state index contributed by atoms with van der Waals surface area (Å²) in [5.41, 5.74) is 1.87. The first-order valence-electron chi connectivity index (χ1n) is 7.79. The fourth-order valence-electron chi connectivity index (χ4n) is 2.10. The molecule has 1 aromatic heterocycles. The summed E-state index contributed by atoms with van der Waals surface area (Å²) in [5, 5.41) is 5.48. The number of rotatable bonds is 4. The van der Waals surface area contributed by atoms with E-state index < -0.39 is 0 Å². The van der Waals surface area contributed by atoms with Crippen molar-refractivity contribution in [1.29, 1.82) is 0 Å². The molecule has 0 aliphatic carbocycles. The minimum absolute atomic E-state index is 0.127. The number of carbonyl (C=O) groups excluding carboxylic acids is 2. The van der Waals surface area contributed by atoms with E-state index in [2.05, 4.69) is 15.6 Å². The zero-order valence-corrected chi connectivity index (χ0v) is 14.7. The highest BCUT2D eigenvalue weighted by molar-refractivity contribution is 5.93. The maximum atomic E-state index is 12.2. The van der Waals surface area contributed by atoms with Crippen LogP contribution in [0.5, 0.6) is 0 Å². The summed E-state index contributed by atoms with van der Waals surface area (Å²) >= 11 is 0. The van der Waals surface area contributed by atoms with Gasteiger partial charge in [0.05, 0.1) is 12.1 Å². The van der Waals surface area contributed by atoms with Crippen LogP contribution in [0.3, 0.4) is 0 Å². The summed E-state index contributed by atoms with van der Waals surface area (Å²) in [6.45, 7) is 9.32. The molecule has 24 heavy (non-hydrogen) atoms. The van der Waals surface area contributed by atoms with Crippen molar-refractivity contribution in [1.82, 2.24) is 4.98 Å². The number of carbonyl (C=O) groups is 2. The Balaban J connectivity index is 2.01. The van der Waals surface area contributed by atoms with Crippen LogP contribution in [-0.2, 0) is 21.4 Å². The van der Waals surface area contributed by atoms with Gasteiger partial charge in [0.1, 0.15) is 5.76 Å². The van der Waals surface area contributed by atoms with E-state index in [0.717, 1.165) is 5.69 Å². The van der Waals surface area contributed by atoms with E-state index in [9.17, 15) is 9.59 Å². The van der Waals surface area contributed by atoms with Gasteiger partial charge in [-0.05, 0) is 31.2 Å². The number of amides is 2. The third-order valence-corrected chi connectivity index (χ3v) is 3.34. The molecule has 128 valence electrons. The molecule has 0 unspecified atom stereocenters. The molecule has 1 heterocycles. The molecule has 0 bridgehead atoms. The van der Waals surface area contributed by atoms with Gasteiger partial charge in [0, 0.05) is 23.7 Å². The summed E-state index contributed by atoms with van der Waals surface area (Å²) in [5.74, 6) is 0.888. The monoisotopic (exact) mass is 329 g/mol. The third-order valence-electron chi connectivity index (χ3n) is 3.34. The van der Waals surface area contributed by atoms with Gasteiger partial charge in [0.15, 0.2) is 5.89 Å². The van der Waals surface area contributed by atoms with Gasteiger partial charge < -0.3 is 15.1 Å². The summed E-state index contributed by atoms with van der Waals surface area (Å²) in [6.07, 6.45) is 0.127. The van der Waals surface area contributed by atoms with Gasteiger partial charge in [-0.2, -0.15) is 0 Å². The second-order valence-electron chi connectivity index (χ2n) is 6.76. The van der Waals surface area contributed by atoms with Gasteiger partial charge in [-0.1, -0.05) is 20.8 Å². The average molecular weight is 329 g/mol. The van der Waals surface area contributed by atoms with Crippen LogP contribution in [-0.4, -0.2) is 16.8 Å². The highest BCUT2D eigenvalue weighted by Crippen LogP contribution is 2.24. The number of hydrogen-bond donors (Lipinski definition) is 2. The molecule has 6 heteroatoms. The Morgan fingerprint density at radius 3 is 2.08 bits per heavy atom. The molecule has 0 spiro atoms. The quantitative estimate of drug-likeness (QED) is 0.900. The van der Waals surface area contributed by atoms with E-state index in [1.807, 2.05) is 27.7 Å². The zero-order valence-electron chi connectivity index (χ0n) is 14.7. The van der Waals surface area contributed by atoms with Crippen LogP contribution in [0.4, 0.5) is 11.4 Å². The van der Waals surface area contributed by atoms with Crippen LogP contribution in [0.15, 0.2) is 28.7 Å². The summed E-state index contributed by atoms with van der Waals surface area (Å²) in [4.78, 5) is 27.6. The molecule has 2 rings (SSSR count). The van der Waals surface area contributed by atoms with Crippen molar-refractivity contribution in [2.45, 2.75) is 46.5 Å². The van der Waals surface area contributed by atoms with Crippen LogP contribution >= 0.6 is 0 Å². The number of nitrogens with one attached hydrogen (secondary N) is 2. The van der Waals surface area contributed by atoms with E-state index >= 15 is 0 Å². The maximum absolute atomic E-state index is 12.2. The lowest BCUT2D eigenvalue weighted by Crippen LogP contribution is -2.15. The fourth-order valence-corrected chi connectivity index (χ4v) is 2.10. The van der Waals surface area contributed by atoms with E-state index in [4.69, 9.17) is 4.42 Å². The summed E-state index contributed by atoms with van der Waals surface area (Å²) in [7, 11) is 0. The number of nitrogens with zero attached hydrogens (tertiary/aromatic N) is 1. The highest BCUT2D eigenvalue weighted by atomic mass is 16.4. The number of aromatic nitrogens is 1. The Morgan fingerprint density at radius 1 is 1.08 bits per heavy atom. The largest absolute Gasteiger partial charge is 0.444 e. The molecule has 2 aromatic rings. The van der Waals surface area contributed by atoms with Crippen molar-refractivity contribution < 1.29 is 14.0 Å². The highest BCUT2D eigenvalue weighted by Gasteiger charge is 2.23. The smallest absolute Gasteiger partial charge is 0.232 e. The van der Waals surface area contributed by atoms with Crippen LogP contribution < -0.4 is 10.6 Å². The predicted octanol–water partition coefficient (Wildman–Crippen LogP) is 3.42. The molecule has 0 saturated heterocycles. The number of anilines is 2. The Labute approximate surface area is 141 Å². The minimum atomic E-state index is -0.195. The van der Waals surface area contributed by atoms with Crippen molar-refractivity contribution >= 4 is 23.2 Å². The van der Waals surface area contributed by atoms with Crippen molar-refractivity contribution in [2.75, 3.05) is 10.6 Å². The number of oxazole rings is 1. The summed E-state index contributed by atoms with van der Waals surface area (Å²) in [6, 6.07) is 6.93. The Kier molecular flexibility index (Phi) is 5.07.